The first-order chi connectivity index (χ1) is 14.2. The zero-order chi connectivity index (χ0) is 20.0. The Morgan fingerprint density at radius 3 is 2.41 bits per heavy atom. The molecule has 0 atom stereocenters. The zero-order valence-corrected chi connectivity index (χ0v) is 17.1. The highest BCUT2D eigenvalue weighted by molar-refractivity contribution is 7.27. The summed E-state index contributed by atoms with van der Waals surface area (Å²) in [5.74, 6) is 0. The molecule has 0 radical (unpaired) electrons. The van der Waals surface area contributed by atoms with Gasteiger partial charge in [-0.2, -0.15) is 0 Å². The van der Waals surface area contributed by atoms with Crippen molar-refractivity contribution in [3.8, 4) is 22.4 Å². The third-order valence-electron chi connectivity index (χ3n) is 5.49. The summed E-state index contributed by atoms with van der Waals surface area (Å²) in [4.78, 5) is 3.75. The summed E-state index contributed by atoms with van der Waals surface area (Å²) in [6.45, 7) is 9.72. The van der Waals surface area contributed by atoms with E-state index >= 15 is 0 Å². The molecule has 0 bridgehead atoms. The molecule has 5 aromatic rings. The summed E-state index contributed by atoms with van der Waals surface area (Å²) >= 11 is 1.73. The maximum Gasteiger partial charge on any atom is 0.214 e. The van der Waals surface area contributed by atoms with Crippen LogP contribution in [0.1, 0.15) is 5.56 Å². The predicted octanol–water partition coefficient (Wildman–Crippen LogP) is 7.07. The number of nitrogens with zero attached hydrogens (tertiary/aromatic N) is 2. The van der Waals surface area contributed by atoms with Gasteiger partial charge in [0, 0.05) is 21.5 Å². The summed E-state index contributed by atoms with van der Waals surface area (Å²) in [7, 11) is 2.10. The number of benzene rings is 3. The molecule has 29 heavy (non-hydrogen) atoms. The predicted molar refractivity (Wildman–Crippen MR) is 122 cm³/mol. The molecule has 2 aromatic heterocycles. The lowest BCUT2D eigenvalue weighted by atomic mass is 9.98. The molecule has 0 aliphatic heterocycles. The van der Waals surface area contributed by atoms with Gasteiger partial charge in [0.2, 0.25) is 11.4 Å². The number of thiophene rings is 1. The topological polar surface area (TPSA) is 8.24 Å². The zero-order valence-electron chi connectivity index (χ0n) is 16.3. The molecule has 0 fully saturated rings. The van der Waals surface area contributed by atoms with Crippen molar-refractivity contribution in [1.29, 1.82) is 0 Å². The van der Waals surface area contributed by atoms with Crippen LogP contribution in [0, 0.1) is 13.5 Å². The first-order valence-electron chi connectivity index (χ1n) is 9.55. The van der Waals surface area contributed by atoms with E-state index < -0.39 is 0 Å². The Hall–Kier alpha value is -3.48. The minimum absolute atomic E-state index is 0.731. The number of aromatic nitrogens is 1. The number of rotatable bonds is 2. The van der Waals surface area contributed by atoms with Crippen molar-refractivity contribution >= 4 is 37.2 Å². The van der Waals surface area contributed by atoms with Crippen molar-refractivity contribution in [2.75, 3.05) is 0 Å². The fourth-order valence-electron chi connectivity index (χ4n) is 3.98. The lowest BCUT2D eigenvalue weighted by Gasteiger charge is -2.08. The molecule has 3 heteroatoms. The molecule has 5 rings (SSSR count). The molecule has 0 amide bonds. The van der Waals surface area contributed by atoms with Gasteiger partial charge in [-0.15, -0.1) is 11.3 Å². The minimum atomic E-state index is 0.731. The van der Waals surface area contributed by atoms with Crippen LogP contribution in [-0.2, 0) is 7.05 Å². The van der Waals surface area contributed by atoms with Crippen LogP contribution in [0.3, 0.4) is 0 Å². The second-order valence-corrected chi connectivity index (χ2v) is 8.30. The highest BCUT2D eigenvalue weighted by Gasteiger charge is 2.20. The maximum absolute atomic E-state index is 7.54. The van der Waals surface area contributed by atoms with E-state index in [0.717, 1.165) is 10.4 Å². The first kappa shape index (κ1) is 17.6. The van der Waals surface area contributed by atoms with E-state index in [2.05, 4.69) is 84.2 Å². The molecule has 0 spiro atoms. The number of hydrogen-bond donors (Lipinski definition) is 0. The normalized spacial score (nSPS) is 11.1. The highest BCUT2D eigenvalue weighted by Crippen LogP contribution is 2.44. The third kappa shape index (κ3) is 2.81. The van der Waals surface area contributed by atoms with Crippen molar-refractivity contribution in [3.63, 3.8) is 0 Å². The van der Waals surface area contributed by atoms with E-state index in [9.17, 15) is 0 Å². The van der Waals surface area contributed by atoms with Gasteiger partial charge in [0.1, 0.15) is 7.05 Å². The van der Waals surface area contributed by atoms with E-state index in [-0.39, 0.29) is 0 Å². The average Bonchev–Trinajstić information content (AvgIpc) is 3.13. The largest absolute Gasteiger partial charge is 0.237 e. The third-order valence-corrected chi connectivity index (χ3v) is 6.75. The van der Waals surface area contributed by atoms with E-state index in [1.54, 1.807) is 11.3 Å². The van der Waals surface area contributed by atoms with Crippen LogP contribution in [0.5, 0.6) is 0 Å². The first-order valence-corrected chi connectivity index (χ1v) is 10.4. The van der Waals surface area contributed by atoms with Crippen molar-refractivity contribution in [1.82, 2.24) is 0 Å². The quantitative estimate of drug-likeness (QED) is 0.225. The van der Waals surface area contributed by atoms with Crippen LogP contribution in [-0.4, -0.2) is 0 Å². The van der Waals surface area contributed by atoms with Gasteiger partial charge >= 0.3 is 0 Å². The lowest BCUT2D eigenvalue weighted by molar-refractivity contribution is -0.660. The Bertz CT molecular complexity index is 1420. The molecule has 2 nitrogen and oxygen atoms in total. The van der Waals surface area contributed by atoms with Gasteiger partial charge in [0.15, 0.2) is 6.20 Å². The molecule has 0 saturated carbocycles. The van der Waals surface area contributed by atoms with Crippen LogP contribution >= 0.6 is 11.3 Å². The van der Waals surface area contributed by atoms with Crippen LogP contribution in [0.25, 0.3) is 47.4 Å². The van der Waals surface area contributed by atoms with Gasteiger partial charge in [-0.3, -0.25) is 0 Å². The highest BCUT2D eigenvalue weighted by atomic mass is 32.1. The number of aryl methyl sites for hydroxylation is 2. The number of fused-ring (bicyclic) bond motifs is 3. The molecule has 0 N–H and O–H groups in total. The maximum atomic E-state index is 7.54. The van der Waals surface area contributed by atoms with Crippen molar-refractivity contribution in [2.24, 2.45) is 7.05 Å². The Labute approximate surface area is 174 Å². The molecule has 0 aliphatic rings. The molecule has 2 heterocycles. The number of hydrogen-bond acceptors (Lipinski definition) is 1. The monoisotopic (exact) mass is 391 g/mol. The molecule has 0 saturated heterocycles. The average molecular weight is 392 g/mol. The summed E-state index contributed by atoms with van der Waals surface area (Å²) in [5, 5.41) is 2.39. The Morgan fingerprint density at radius 2 is 1.62 bits per heavy atom. The van der Waals surface area contributed by atoms with Crippen LogP contribution in [0.15, 0.2) is 79.0 Å². The fraction of sp³-hybridized carbons (Fsp3) is 0.0769. The SMILES string of the molecule is [C-]#[N+]c1cccc2c1sc1c(-c3cc(-c4ccccc4)cc[n+]3C)c(C)ccc12. The van der Waals surface area contributed by atoms with Gasteiger partial charge in [0.25, 0.3) is 0 Å². The smallest absolute Gasteiger partial charge is 0.214 e. The molecular formula is C26H19N2S+. The summed E-state index contributed by atoms with van der Waals surface area (Å²) in [5.41, 5.74) is 6.83. The van der Waals surface area contributed by atoms with Crippen molar-refractivity contribution in [2.45, 2.75) is 6.92 Å². The molecule has 0 aliphatic carbocycles. The van der Waals surface area contributed by atoms with Gasteiger partial charge in [-0.05, 0) is 34.4 Å². The fourth-order valence-corrected chi connectivity index (χ4v) is 5.35. The summed E-state index contributed by atoms with van der Waals surface area (Å²) < 4.78 is 4.51. The van der Waals surface area contributed by atoms with E-state index in [1.807, 2.05) is 18.2 Å². The van der Waals surface area contributed by atoms with E-state index in [0.29, 0.717) is 0 Å². The Balaban J connectivity index is 1.84. The van der Waals surface area contributed by atoms with Gasteiger partial charge in [0.05, 0.1) is 12.1 Å². The summed E-state index contributed by atoms with van der Waals surface area (Å²) in [6.07, 6.45) is 2.13. The molecule has 138 valence electrons. The Morgan fingerprint density at radius 1 is 0.828 bits per heavy atom. The molecule has 0 unspecified atom stereocenters. The van der Waals surface area contributed by atoms with Crippen molar-refractivity contribution < 1.29 is 4.57 Å². The van der Waals surface area contributed by atoms with Gasteiger partial charge in [-0.1, -0.05) is 60.7 Å². The standard InChI is InChI=1S/C26H19N2S/c1-17-12-13-21-20-10-7-11-22(27-2)25(20)29-26(21)24(17)23-16-19(14-15-28(23)3)18-8-5-4-6-9-18/h4-16H,1,3H3/q+1. The second kappa shape index (κ2) is 6.84. The Kier molecular flexibility index (Phi) is 4.16. The van der Waals surface area contributed by atoms with Crippen LogP contribution in [0.4, 0.5) is 5.69 Å². The van der Waals surface area contributed by atoms with Gasteiger partial charge < -0.3 is 0 Å². The van der Waals surface area contributed by atoms with E-state index in [4.69, 9.17) is 6.57 Å². The molecular weight excluding hydrogens is 372 g/mol. The van der Waals surface area contributed by atoms with Crippen LogP contribution < -0.4 is 4.57 Å². The van der Waals surface area contributed by atoms with E-state index in [1.165, 1.54) is 43.4 Å². The minimum Gasteiger partial charge on any atom is -0.237 e. The summed E-state index contributed by atoms with van der Waals surface area (Å²) in [6, 6.07) is 25.3. The van der Waals surface area contributed by atoms with Crippen LogP contribution in [0.2, 0.25) is 0 Å². The number of pyridine rings is 1. The molecule has 3 aromatic carbocycles. The lowest BCUT2D eigenvalue weighted by Crippen LogP contribution is -2.30. The van der Waals surface area contributed by atoms with Gasteiger partial charge in [-0.25, -0.2) is 9.41 Å². The van der Waals surface area contributed by atoms with Crippen molar-refractivity contribution in [3.05, 3.63) is 96.0 Å². The second-order valence-electron chi connectivity index (χ2n) is 7.28.